The van der Waals surface area contributed by atoms with Crippen LogP contribution in [-0.2, 0) is 0 Å². The monoisotopic (exact) mass is 278 g/mol. The molecule has 0 aliphatic carbocycles. The third-order valence-corrected chi connectivity index (χ3v) is 3.74. The van der Waals surface area contributed by atoms with E-state index in [0.717, 1.165) is 25.7 Å². The molecule has 2 N–H and O–H groups in total. The van der Waals surface area contributed by atoms with Gasteiger partial charge in [0.2, 0.25) is 0 Å². The molecule has 0 fully saturated rings. The van der Waals surface area contributed by atoms with Gasteiger partial charge in [0.05, 0.1) is 5.60 Å². The van der Waals surface area contributed by atoms with E-state index in [4.69, 9.17) is 0 Å². The minimum absolute atomic E-state index is 0.389. The first-order chi connectivity index (χ1) is 9.55. The van der Waals surface area contributed by atoms with Crippen LogP contribution in [0.2, 0.25) is 0 Å². The SMILES string of the molecule is CCCCC(O)(CCCC)C(O)C(=O)c1ccccc1. The molecule has 0 aromatic heterocycles. The smallest absolute Gasteiger partial charge is 0.194 e. The summed E-state index contributed by atoms with van der Waals surface area (Å²) in [6.45, 7) is 4.07. The van der Waals surface area contributed by atoms with Crippen LogP contribution in [0, 0.1) is 0 Å². The predicted octanol–water partition coefficient (Wildman–Crippen LogP) is 3.34. The van der Waals surface area contributed by atoms with Gasteiger partial charge in [-0.05, 0) is 12.8 Å². The molecule has 0 heterocycles. The van der Waals surface area contributed by atoms with Crippen LogP contribution in [0.25, 0.3) is 0 Å². The molecule has 1 aromatic rings. The van der Waals surface area contributed by atoms with Crippen molar-refractivity contribution >= 4 is 5.78 Å². The maximum atomic E-state index is 12.3. The fourth-order valence-electron chi connectivity index (χ4n) is 2.37. The fourth-order valence-corrected chi connectivity index (χ4v) is 2.37. The van der Waals surface area contributed by atoms with Crippen LogP contribution in [0.15, 0.2) is 30.3 Å². The normalized spacial score (nSPS) is 13.2. The van der Waals surface area contributed by atoms with E-state index in [9.17, 15) is 15.0 Å². The predicted molar refractivity (Wildman–Crippen MR) is 80.8 cm³/mol. The average molecular weight is 278 g/mol. The molecule has 1 atom stereocenters. The van der Waals surface area contributed by atoms with Crippen LogP contribution < -0.4 is 0 Å². The molecule has 1 aromatic carbocycles. The molecule has 3 heteroatoms. The first-order valence-corrected chi connectivity index (χ1v) is 7.55. The summed E-state index contributed by atoms with van der Waals surface area (Å²) in [5.41, 5.74) is -0.856. The number of aliphatic hydroxyl groups is 2. The maximum absolute atomic E-state index is 12.3. The van der Waals surface area contributed by atoms with Crippen molar-refractivity contribution in [2.75, 3.05) is 0 Å². The number of Topliss-reactive ketones (excluding diaryl/α,β-unsaturated/α-hetero) is 1. The third-order valence-electron chi connectivity index (χ3n) is 3.74. The zero-order valence-electron chi connectivity index (χ0n) is 12.5. The van der Waals surface area contributed by atoms with Crippen LogP contribution in [-0.4, -0.2) is 27.7 Å². The van der Waals surface area contributed by atoms with Gasteiger partial charge in [-0.25, -0.2) is 0 Å². The van der Waals surface area contributed by atoms with Crippen molar-refractivity contribution in [2.24, 2.45) is 0 Å². The highest BCUT2D eigenvalue weighted by Gasteiger charge is 2.39. The Morgan fingerprint density at radius 2 is 1.60 bits per heavy atom. The van der Waals surface area contributed by atoms with Crippen molar-refractivity contribution < 1.29 is 15.0 Å². The summed E-state index contributed by atoms with van der Waals surface area (Å²) >= 11 is 0. The fraction of sp³-hybridized carbons (Fsp3) is 0.588. The lowest BCUT2D eigenvalue weighted by atomic mass is 9.82. The number of carbonyl (C=O) groups excluding carboxylic acids is 1. The molecule has 3 nitrogen and oxygen atoms in total. The number of hydrogen-bond acceptors (Lipinski definition) is 3. The average Bonchev–Trinajstić information content (AvgIpc) is 2.50. The first-order valence-electron chi connectivity index (χ1n) is 7.55. The second-order valence-electron chi connectivity index (χ2n) is 5.44. The molecule has 0 bridgehead atoms. The molecule has 0 saturated heterocycles. The highest BCUT2D eigenvalue weighted by atomic mass is 16.3. The van der Waals surface area contributed by atoms with Crippen LogP contribution >= 0.6 is 0 Å². The minimum Gasteiger partial charge on any atom is -0.387 e. The van der Waals surface area contributed by atoms with Crippen LogP contribution in [0.4, 0.5) is 0 Å². The lowest BCUT2D eigenvalue weighted by Gasteiger charge is -2.32. The van der Waals surface area contributed by atoms with Gasteiger partial charge in [0.25, 0.3) is 0 Å². The zero-order valence-corrected chi connectivity index (χ0v) is 12.5. The zero-order chi connectivity index (χ0) is 15.0. The Balaban J connectivity index is 2.86. The molecule has 0 aliphatic rings. The second kappa shape index (κ2) is 8.18. The van der Waals surface area contributed by atoms with Crippen LogP contribution in [0.5, 0.6) is 0 Å². The molecule has 112 valence electrons. The summed E-state index contributed by atoms with van der Waals surface area (Å²) in [6, 6.07) is 8.69. The van der Waals surface area contributed by atoms with Crippen molar-refractivity contribution in [3.63, 3.8) is 0 Å². The number of ketones is 1. The minimum atomic E-state index is -1.34. The summed E-state index contributed by atoms with van der Waals surface area (Å²) in [6.07, 6.45) is 3.05. The van der Waals surface area contributed by atoms with Crippen LogP contribution in [0.3, 0.4) is 0 Å². The maximum Gasteiger partial charge on any atom is 0.194 e. The lowest BCUT2D eigenvalue weighted by Crippen LogP contribution is -2.47. The summed E-state index contributed by atoms with van der Waals surface area (Å²) in [5.74, 6) is -0.389. The van der Waals surface area contributed by atoms with E-state index in [0.29, 0.717) is 18.4 Å². The van der Waals surface area contributed by atoms with Crippen LogP contribution in [0.1, 0.15) is 62.7 Å². The summed E-state index contributed by atoms with van der Waals surface area (Å²) in [7, 11) is 0. The van der Waals surface area contributed by atoms with Gasteiger partial charge < -0.3 is 10.2 Å². The molecule has 0 amide bonds. The van der Waals surface area contributed by atoms with Crippen molar-refractivity contribution in [2.45, 2.75) is 64.1 Å². The van der Waals surface area contributed by atoms with Crippen molar-refractivity contribution in [3.05, 3.63) is 35.9 Å². The van der Waals surface area contributed by atoms with Gasteiger partial charge in [0.1, 0.15) is 6.10 Å². The standard InChI is InChI=1S/C17H26O3/c1-3-5-12-17(20,13-6-4-2)16(19)15(18)14-10-8-7-9-11-14/h7-11,16,19-20H,3-6,12-13H2,1-2H3. The van der Waals surface area contributed by atoms with E-state index in [1.807, 2.05) is 19.9 Å². The summed E-state index contributed by atoms with van der Waals surface area (Å²) in [5, 5.41) is 21.0. The Morgan fingerprint density at radius 3 is 2.05 bits per heavy atom. The largest absolute Gasteiger partial charge is 0.387 e. The van der Waals surface area contributed by atoms with Gasteiger partial charge in [-0.1, -0.05) is 69.9 Å². The van der Waals surface area contributed by atoms with E-state index in [-0.39, 0.29) is 5.78 Å². The summed E-state index contributed by atoms with van der Waals surface area (Å²) in [4.78, 5) is 12.3. The van der Waals surface area contributed by atoms with E-state index in [1.165, 1.54) is 0 Å². The van der Waals surface area contributed by atoms with E-state index in [1.54, 1.807) is 24.3 Å². The number of rotatable bonds is 9. The van der Waals surface area contributed by atoms with Gasteiger partial charge in [0, 0.05) is 5.56 Å². The molecular weight excluding hydrogens is 252 g/mol. The number of hydrogen-bond donors (Lipinski definition) is 2. The molecule has 1 rings (SSSR count). The number of benzene rings is 1. The third kappa shape index (κ3) is 4.43. The van der Waals surface area contributed by atoms with Crippen molar-refractivity contribution in [1.29, 1.82) is 0 Å². The Kier molecular flexibility index (Phi) is 6.89. The van der Waals surface area contributed by atoms with Gasteiger partial charge in [-0.2, -0.15) is 0 Å². The number of aliphatic hydroxyl groups excluding tert-OH is 1. The van der Waals surface area contributed by atoms with E-state index < -0.39 is 11.7 Å². The summed E-state index contributed by atoms with van der Waals surface area (Å²) < 4.78 is 0. The second-order valence-corrected chi connectivity index (χ2v) is 5.44. The van der Waals surface area contributed by atoms with E-state index in [2.05, 4.69) is 0 Å². The molecule has 0 radical (unpaired) electrons. The van der Waals surface area contributed by atoms with E-state index >= 15 is 0 Å². The quantitative estimate of drug-likeness (QED) is 0.681. The van der Waals surface area contributed by atoms with Gasteiger partial charge >= 0.3 is 0 Å². The molecule has 20 heavy (non-hydrogen) atoms. The van der Waals surface area contributed by atoms with Crippen molar-refractivity contribution in [1.82, 2.24) is 0 Å². The molecule has 0 saturated carbocycles. The van der Waals surface area contributed by atoms with Gasteiger partial charge in [0.15, 0.2) is 5.78 Å². The Hall–Kier alpha value is -1.19. The van der Waals surface area contributed by atoms with Crippen molar-refractivity contribution in [3.8, 4) is 0 Å². The molecular formula is C17H26O3. The Bertz CT molecular complexity index is 392. The first kappa shape index (κ1) is 16.9. The van der Waals surface area contributed by atoms with Gasteiger partial charge in [-0.15, -0.1) is 0 Å². The highest BCUT2D eigenvalue weighted by molar-refractivity contribution is 6.00. The lowest BCUT2D eigenvalue weighted by molar-refractivity contribution is -0.0709. The molecule has 0 spiro atoms. The highest BCUT2D eigenvalue weighted by Crippen LogP contribution is 2.27. The number of carbonyl (C=O) groups is 1. The Labute approximate surface area is 121 Å². The Morgan fingerprint density at radius 1 is 1.10 bits per heavy atom. The molecule has 0 aliphatic heterocycles. The molecule has 1 unspecified atom stereocenters. The topological polar surface area (TPSA) is 57.5 Å². The van der Waals surface area contributed by atoms with Gasteiger partial charge in [-0.3, -0.25) is 4.79 Å². The number of unbranched alkanes of at least 4 members (excludes halogenated alkanes) is 2.